The molecule has 1 aromatic carbocycles. The summed E-state index contributed by atoms with van der Waals surface area (Å²) in [5.74, 6) is 0.0999. The number of carboxylic acid groups (broad SMARTS) is 1. The van der Waals surface area contributed by atoms with Crippen LogP contribution in [0.25, 0.3) is 0 Å². The normalized spacial score (nSPS) is 10.0. The van der Waals surface area contributed by atoms with Gasteiger partial charge in [0, 0.05) is 6.42 Å². The van der Waals surface area contributed by atoms with E-state index >= 15 is 0 Å². The lowest BCUT2D eigenvalue weighted by atomic mass is 10.0. The second-order valence-corrected chi connectivity index (χ2v) is 3.50. The number of aliphatic carboxylic acids is 1. The summed E-state index contributed by atoms with van der Waals surface area (Å²) in [5, 5.41) is 8.56. The molecule has 0 atom stereocenters. The molecular weight excluding hydrogens is 192 g/mol. The molecule has 0 aromatic heterocycles. The molecule has 0 radical (unpaired) electrons. The predicted octanol–water partition coefficient (Wildman–Crippen LogP) is 2.41. The molecule has 3 nitrogen and oxygen atoms in total. The van der Waals surface area contributed by atoms with E-state index in [-0.39, 0.29) is 6.42 Å². The molecular formula is C12H16O3. The minimum Gasteiger partial charge on any atom is -0.496 e. The molecule has 1 aromatic rings. The molecule has 0 amide bonds. The molecule has 15 heavy (non-hydrogen) atoms. The average Bonchev–Trinajstić information content (AvgIpc) is 2.20. The third-order valence-electron chi connectivity index (χ3n) is 2.40. The first-order chi connectivity index (χ1) is 7.15. The molecule has 0 aliphatic rings. The Morgan fingerprint density at radius 2 is 2.20 bits per heavy atom. The molecule has 0 spiro atoms. The standard InChI is InChI=1S/C12H16O3/c1-9-5-3-7-11(15-2)10(9)6-4-8-12(13)14/h3,5,7H,4,6,8H2,1-2H3,(H,13,14). The van der Waals surface area contributed by atoms with Crippen LogP contribution in [0.4, 0.5) is 0 Å². The Kier molecular flexibility index (Phi) is 4.16. The van der Waals surface area contributed by atoms with Gasteiger partial charge in [-0.25, -0.2) is 0 Å². The SMILES string of the molecule is COc1cccc(C)c1CCCC(=O)O. The van der Waals surface area contributed by atoms with Gasteiger partial charge < -0.3 is 9.84 Å². The molecule has 0 saturated heterocycles. The van der Waals surface area contributed by atoms with Gasteiger partial charge in [-0.3, -0.25) is 4.79 Å². The molecule has 1 rings (SSSR count). The maximum Gasteiger partial charge on any atom is 0.303 e. The third kappa shape index (κ3) is 3.27. The van der Waals surface area contributed by atoms with Crippen molar-refractivity contribution in [1.29, 1.82) is 0 Å². The van der Waals surface area contributed by atoms with Crippen molar-refractivity contribution >= 4 is 5.97 Å². The third-order valence-corrected chi connectivity index (χ3v) is 2.40. The first-order valence-electron chi connectivity index (χ1n) is 4.99. The smallest absolute Gasteiger partial charge is 0.303 e. The highest BCUT2D eigenvalue weighted by molar-refractivity contribution is 5.66. The van der Waals surface area contributed by atoms with Crippen LogP contribution in [0, 0.1) is 6.92 Å². The molecule has 82 valence electrons. The fraction of sp³-hybridized carbons (Fsp3) is 0.417. The van der Waals surface area contributed by atoms with Crippen LogP contribution in [0.3, 0.4) is 0 Å². The number of hydrogen-bond donors (Lipinski definition) is 1. The Bertz CT molecular complexity index is 345. The fourth-order valence-electron chi connectivity index (χ4n) is 1.60. The lowest BCUT2D eigenvalue weighted by Gasteiger charge is -2.10. The molecule has 0 aliphatic carbocycles. The Labute approximate surface area is 89.7 Å². The fourth-order valence-corrected chi connectivity index (χ4v) is 1.60. The second-order valence-electron chi connectivity index (χ2n) is 3.50. The summed E-state index contributed by atoms with van der Waals surface area (Å²) in [6.45, 7) is 2.01. The highest BCUT2D eigenvalue weighted by Gasteiger charge is 2.06. The molecule has 0 bridgehead atoms. The van der Waals surface area contributed by atoms with E-state index in [0.29, 0.717) is 6.42 Å². The van der Waals surface area contributed by atoms with Crippen LogP contribution in [-0.2, 0) is 11.2 Å². The van der Waals surface area contributed by atoms with Crippen LogP contribution in [0.15, 0.2) is 18.2 Å². The van der Waals surface area contributed by atoms with E-state index in [9.17, 15) is 4.79 Å². The number of benzene rings is 1. The molecule has 0 fully saturated rings. The average molecular weight is 208 g/mol. The van der Waals surface area contributed by atoms with Crippen molar-refractivity contribution < 1.29 is 14.6 Å². The number of hydrogen-bond acceptors (Lipinski definition) is 2. The van der Waals surface area contributed by atoms with E-state index in [1.165, 1.54) is 0 Å². The van der Waals surface area contributed by atoms with Crippen LogP contribution in [-0.4, -0.2) is 18.2 Å². The maximum atomic E-state index is 10.4. The van der Waals surface area contributed by atoms with E-state index in [4.69, 9.17) is 9.84 Å². The van der Waals surface area contributed by atoms with Gasteiger partial charge in [-0.2, -0.15) is 0 Å². The van der Waals surface area contributed by atoms with Crippen molar-refractivity contribution in [2.75, 3.05) is 7.11 Å². The lowest BCUT2D eigenvalue weighted by Crippen LogP contribution is -1.99. The summed E-state index contributed by atoms with van der Waals surface area (Å²) in [6.07, 6.45) is 1.61. The number of methoxy groups -OCH3 is 1. The largest absolute Gasteiger partial charge is 0.496 e. The highest BCUT2D eigenvalue weighted by Crippen LogP contribution is 2.23. The monoisotopic (exact) mass is 208 g/mol. The van der Waals surface area contributed by atoms with Gasteiger partial charge in [0.05, 0.1) is 7.11 Å². The van der Waals surface area contributed by atoms with E-state index in [1.807, 2.05) is 25.1 Å². The zero-order valence-electron chi connectivity index (χ0n) is 9.12. The van der Waals surface area contributed by atoms with E-state index in [2.05, 4.69) is 0 Å². The van der Waals surface area contributed by atoms with Crippen molar-refractivity contribution in [3.05, 3.63) is 29.3 Å². The van der Waals surface area contributed by atoms with Crippen molar-refractivity contribution in [1.82, 2.24) is 0 Å². The van der Waals surface area contributed by atoms with Gasteiger partial charge in [-0.15, -0.1) is 0 Å². The Hall–Kier alpha value is -1.51. The van der Waals surface area contributed by atoms with Gasteiger partial charge in [-0.1, -0.05) is 12.1 Å². The van der Waals surface area contributed by atoms with Crippen molar-refractivity contribution in [2.24, 2.45) is 0 Å². The Balaban J connectivity index is 2.70. The summed E-state index contributed by atoms with van der Waals surface area (Å²) >= 11 is 0. The highest BCUT2D eigenvalue weighted by atomic mass is 16.5. The molecule has 0 aliphatic heterocycles. The van der Waals surface area contributed by atoms with Gasteiger partial charge in [0.15, 0.2) is 0 Å². The zero-order valence-corrected chi connectivity index (χ0v) is 9.12. The van der Waals surface area contributed by atoms with Crippen molar-refractivity contribution in [3.8, 4) is 5.75 Å². The second kappa shape index (κ2) is 5.39. The van der Waals surface area contributed by atoms with Gasteiger partial charge in [0.25, 0.3) is 0 Å². The minimum absolute atomic E-state index is 0.206. The number of rotatable bonds is 5. The van der Waals surface area contributed by atoms with Gasteiger partial charge in [-0.05, 0) is 37.0 Å². The van der Waals surface area contributed by atoms with Gasteiger partial charge in [0.1, 0.15) is 5.75 Å². The molecule has 3 heteroatoms. The summed E-state index contributed by atoms with van der Waals surface area (Å²) in [4.78, 5) is 10.4. The first kappa shape index (κ1) is 11.6. The summed E-state index contributed by atoms with van der Waals surface area (Å²) in [6, 6.07) is 5.86. The van der Waals surface area contributed by atoms with Gasteiger partial charge >= 0.3 is 5.97 Å². The summed E-state index contributed by atoms with van der Waals surface area (Å²) in [5.41, 5.74) is 2.26. The predicted molar refractivity (Wildman–Crippen MR) is 58.3 cm³/mol. The Morgan fingerprint density at radius 1 is 1.47 bits per heavy atom. The molecule has 0 saturated carbocycles. The van der Waals surface area contributed by atoms with E-state index in [1.54, 1.807) is 7.11 Å². The molecule has 1 N–H and O–H groups in total. The van der Waals surface area contributed by atoms with Crippen LogP contribution in [0.2, 0.25) is 0 Å². The van der Waals surface area contributed by atoms with Crippen molar-refractivity contribution in [2.45, 2.75) is 26.2 Å². The van der Waals surface area contributed by atoms with Gasteiger partial charge in [0.2, 0.25) is 0 Å². The zero-order chi connectivity index (χ0) is 11.3. The van der Waals surface area contributed by atoms with Crippen LogP contribution < -0.4 is 4.74 Å². The Morgan fingerprint density at radius 3 is 2.80 bits per heavy atom. The number of aryl methyl sites for hydroxylation is 1. The maximum absolute atomic E-state index is 10.4. The number of ether oxygens (including phenoxy) is 1. The topological polar surface area (TPSA) is 46.5 Å². The first-order valence-corrected chi connectivity index (χ1v) is 4.99. The molecule has 0 unspecified atom stereocenters. The summed E-state index contributed by atoms with van der Waals surface area (Å²) < 4.78 is 5.24. The van der Waals surface area contributed by atoms with Crippen LogP contribution in [0.5, 0.6) is 5.75 Å². The van der Waals surface area contributed by atoms with Crippen LogP contribution >= 0.6 is 0 Å². The minimum atomic E-state index is -0.748. The number of carboxylic acids is 1. The molecule has 0 heterocycles. The summed E-state index contributed by atoms with van der Waals surface area (Å²) in [7, 11) is 1.63. The van der Waals surface area contributed by atoms with E-state index in [0.717, 1.165) is 23.3 Å². The van der Waals surface area contributed by atoms with Crippen molar-refractivity contribution in [3.63, 3.8) is 0 Å². The van der Waals surface area contributed by atoms with E-state index < -0.39 is 5.97 Å². The number of carbonyl (C=O) groups is 1. The lowest BCUT2D eigenvalue weighted by molar-refractivity contribution is -0.137. The van der Waals surface area contributed by atoms with Crippen LogP contribution in [0.1, 0.15) is 24.0 Å². The quantitative estimate of drug-likeness (QED) is 0.808.